The molecule has 0 saturated heterocycles. The fourth-order valence-electron chi connectivity index (χ4n) is 1.74. The standard InChI is InChI=1S/C20H29BN/c1-10-11-12-19(16(4)5)18(8)22(9)21-20(17(6)7)14-13-15(2)3/h10-14H,1,6,8H2,2-5,7,9H3/b12-11-,20-14+. The van der Waals surface area contributed by atoms with Gasteiger partial charge in [-0.1, -0.05) is 72.3 Å². The SMILES string of the molecule is C=C/C=C\C(C(=C)N(C)[B]/C(=C/C=C(C)C)C(=C)C)=C(C)C. The summed E-state index contributed by atoms with van der Waals surface area (Å²) in [5.41, 5.74) is 6.65. The van der Waals surface area contributed by atoms with Crippen LogP contribution in [0.15, 0.2) is 83.6 Å². The molecule has 1 nitrogen and oxygen atoms in total. The Bertz CT molecular complexity index is 548. The van der Waals surface area contributed by atoms with Crippen LogP contribution in [0.2, 0.25) is 0 Å². The van der Waals surface area contributed by atoms with Crippen molar-refractivity contribution in [1.29, 1.82) is 0 Å². The third kappa shape index (κ3) is 7.17. The van der Waals surface area contributed by atoms with Crippen molar-refractivity contribution in [2.45, 2.75) is 34.6 Å². The molecule has 1 radical (unpaired) electrons. The molecule has 0 aromatic heterocycles. The van der Waals surface area contributed by atoms with E-state index in [0.717, 1.165) is 22.3 Å². The van der Waals surface area contributed by atoms with Crippen molar-refractivity contribution in [2.24, 2.45) is 0 Å². The van der Waals surface area contributed by atoms with Crippen molar-refractivity contribution < 1.29 is 0 Å². The maximum atomic E-state index is 4.22. The highest BCUT2D eigenvalue weighted by atomic mass is 15.0. The van der Waals surface area contributed by atoms with Gasteiger partial charge in [-0.05, 0) is 47.2 Å². The third-order valence-electron chi connectivity index (χ3n) is 3.10. The van der Waals surface area contributed by atoms with Crippen LogP contribution in [-0.2, 0) is 0 Å². The molecule has 0 spiro atoms. The highest BCUT2D eigenvalue weighted by molar-refractivity contribution is 6.44. The molecule has 0 N–H and O–H groups in total. The maximum absolute atomic E-state index is 4.22. The molecule has 0 aliphatic rings. The molecular weight excluding hydrogens is 265 g/mol. The fourth-order valence-corrected chi connectivity index (χ4v) is 1.74. The van der Waals surface area contributed by atoms with Gasteiger partial charge in [0.15, 0.2) is 0 Å². The van der Waals surface area contributed by atoms with Crippen molar-refractivity contribution in [3.63, 3.8) is 0 Å². The Kier molecular flexibility index (Phi) is 9.01. The molecule has 0 aromatic rings. The first-order valence-electron chi connectivity index (χ1n) is 7.45. The van der Waals surface area contributed by atoms with Crippen LogP contribution in [0.1, 0.15) is 34.6 Å². The van der Waals surface area contributed by atoms with E-state index in [1.807, 2.05) is 30.9 Å². The van der Waals surface area contributed by atoms with E-state index in [2.05, 4.69) is 67.0 Å². The van der Waals surface area contributed by atoms with Crippen LogP contribution in [0.5, 0.6) is 0 Å². The van der Waals surface area contributed by atoms with Crippen molar-refractivity contribution in [2.75, 3.05) is 7.05 Å². The topological polar surface area (TPSA) is 3.24 Å². The normalized spacial score (nSPS) is 10.9. The van der Waals surface area contributed by atoms with Gasteiger partial charge in [0, 0.05) is 5.70 Å². The molecule has 0 unspecified atom stereocenters. The summed E-state index contributed by atoms with van der Waals surface area (Å²) in [6.07, 6.45) is 9.92. The van der Waals surface area contributed by atoms with Crippen LogP contribution < -0.4 is 0 Å². The maximum Gasteiger partial charge on any atom is 0.285 e. The Hall–Kier alpha value is -1.96. The molecule has 0 atom stereocenters. The average Bonchev–Trinajstić information content (AvgIpc) is 2.42. The van der Waals surface area contributed by atoms with Gasteiger partial charge in [0.1, 0.15) is 0 Å². The number of likely N-dealkylation sites (N-methyl/N-ethyl adjacent to an activating group) is 1. The van der Waals surface area contributed by atoms with Gasteiger partial charge < -0.3 is 4.81 Å². The van der Waals surface area contributed by atoms with Crippen LogP contribution in [0.4, 0.5) is 0 Å². The lowest BCUT2D eigenvalue weighted by molar-refractivity contribution is 0.683. The van der Waals surface area contributed by atoms with Gasteiger partial charge in [0.05, 0.1) is 0 Å². The van der Waals surface area contributed by atoms with E-state index < -0.39 is 0 Å². The minimum absolute atomic E-state index is 0.947. The molecule has 2 heteroatoms. The number of allylic oxidation sites excluding steroid dienone is 9. The molecule has 0 rings (SSSR count). The molecule has 0 bridgehead atoms. The smallest absolute Gasteiger partial charge is 0.285 e. The molecule has 0 saturated carbocycles. The van der Waals surface area contributed by atoms with E-state index in [4.69, 9.17) is 0 Å². The summed E-state index contributed by atoms with van der Waals surface area (Å²) in [6, 6.07) is 0. The molecule has 22 heavy (non-hydrogen) atoms. The van der Waals surface area contributed by atoms with Gasteiger partial charge in [0.2, 0.25) is 0 Å². The fraction of sp³-hybridized carbons (Fsp3) is 0.300. The van der Waals surface area contributed by atoms with E-state index in [9.17, 15) is 0 Å². The zero-order valence-corrected chi connectivity index (χ0v) is 15.0. The molecule has 117 valence electrons. The number of hydrogen-bond donors (Lipinski definition) is 0. The van der Waals surface area contributed by atoms with Crippen molar-refractivity contribution in [3.8, 4) is 0 Å². The monoisotopic (exact) mass is 294 g/mol. The summed E-state index contributed by atoms with van der Waals surface area (Å²) in [5, 5.41) is 0. The van der Waals surface area contributed by atoms with E-state index in [0.29, 0.717) is 0 Å². The van der Waals surface area contributed by atoms with E-state index >= 15 is 0 Å². The number of nitrogens with zero attached hydrogens (tertiary/aromatic N) is 1. The summed E-state index contributed by atoms with van der Waals surface area (Å²) < 4.78 is 0. The highest BCUT2D eigenvalue weighted by Crippen LogP contribution is 2.19. The second-order valence-electron chi connectivity index (χ2n) is 5.84. The Balaban J connectivity index is 5.32. The van der Waals surface area contributed by atoms with Crippen molar-refractivity contribution >= 4 is 7.41 Å². The molecule has 0 heterocycles. The summed E-state index contributed by atoms with van der Waals surface area (Å²) in [7, 11) is 4.07. The van der Waals surface area contributed by atoms with Gasteiger partial charge >= 0.3 is 0 Å². The van der Waals surface area contributed by atoms with Crippen molar-refractivity contribution in [1.82, 2.24) is 4.81 Å². The van der Waals surface area contributed by atoms with Gasteiger partial charge in [-0.3, -0.25) is 0 Å². The first kappa shape index (κ1) is 20.0. The van der Waals surface area contributed by atoms with E-state index in [1.54, 1.807) is 6.08 Å². The molecule has 0 aliphatic heterocycles. The lowest BCUT2D eigenvalue weighted by Gasteiger charge is -2.24. The molecule has 0 amide bonds. The summed E-state index contributed by atoms with van der Waals surface area (Å²) >= 11 is 0. The first-order valence-corrected chi connectivity index (χ1v) is 7.45. The highest BCUT2D eigenvalue weighted by Gasteiger charge is 2.11. The van der Waals surface area contributed by atoms with Gasteiger partial charge in [-0.2, -0.15) is 0 Å². The second-order valence-corrected chi connectivity index (χ2v) is 5.84. The quantitative estimate of drug-likeness (QED) is 0.418. The second kappa shape index (κ2) is 9.89. The molecule has 0 fully saturated rings. The van der Waals surface area contributed by atoms with Gasteiger partial charge in [0.25, 0.3) is 7.41 Å². The number of hydrogen-bond acceptors (Lipinski definition) is 1. The van der Waals surface area contributed by atoms with Crippen LogP contribution in [0, 0.1) is 0 Å². The predicted octanol–water partition coefficient (Wildman–Crippen LogP) is 5.56. The van der Waals surface area contributed by atoms with E-state index in [-0.39, 0.29) is 0 Å². The number of rotatable bonds is 8. The zero-order valence-electron chi connectivity index (χ0n) is 15.0. The molecular formula is C20H29BN. The largest absolute Gasteiger partial charge is 0.417 e. The molecule has 0 aromatic carbocycles. The van der Waals surface area contributed by atoms with Gasteiger partial charge in [-0.25, -0.2) is 0 Å². The Labute approximate surface area is 138 Å². The lowest BCUT2D eigenvalue weighted by atomic mass is 9.75. The van der Waals surface area contributed by atoms with E-state index in [1.165, 1.54) is 11.1 Å². The lowest BCUT2D eigenvalue weighted by Crippen LogP contribution is -2.25. The minimum atomic E-state index is 0.947. The Morgan fingerprint density at radius 2 is 1.59 bits per heavy atom. The third-order valence-corrected chi connectivity index (χ3v) is 3.10. The predicted molar refractivity (Wildman–Crippen MR) is 103 cm³/mol. The van der Waals surface area contributed by atoms with Crippen LogP contribution in [0.25, 0.3) is 0 Å². The van der Waals surface area contributed by atoms with Crippen molar-refractivity contribution in [3.05, 3.63) is 83.6 Å². The average molecular weight is 294 g/mol. The minimum Gasteiger partial charge on any atom is -0.417 e. The van der Waals surface area contributed by atoms with Crippen LogP contribution >= 0.6 is 0 Å². The molecule has 0 aliphatic carbocycles. The van der Waals surface area contributed by atoms with Gasteiger partial charge in [-0.15, -0.1) is 0 Å². The Morgan fingerprint density at radius 1 is 1.00 bits per heavy atom. The first-order chi connectivity index (χ1) is 10.2. The summed E-state index contributed by atoms with van der Waals surface area (Å²) in [4.78, 5) is 2.04. The summed E-state index contributed by atoms with van der Waals surface area (Å²) in [6.45, 7) is 22.3. The van der Waals surface area contributed by atoms with Crippen LogP contribution in [0.3, 0.4) is 0 Å². The summed E-state index contributed by atoms with van der Waals surface area (Å²) in [5.74, 6) is 0. The Morgan fingerprint density at radius 3 is 2.00 bits per heavy atom. The zero-order chi connectivity index (χ0) is 17.3. The van der Waals surface area contributed by atoms with Crippen LogP contribution in [-0.4, -0.2) is 19.3 Å².